The lowest BCUT2D eigenvalue weighted by Crippen LogP contribution is -2.34. The van der Waals surface area contributed by atoms with E-state index in [1.165, 1.54) is 11.3 Å². The Bertz CT molecular complexity index is 1030. The molecule has 3 amide bonds. The third-order valence-electron chi connectivity index (χ3n) is 4.28. The van der Waals surface area contributed by atoms with Crippen LogP contribution in [-0.2, 0) is 0 Å². The number of nitrogens with one attached hydrogen (secondary N) is 3. The summed E-state index contributed by atoms with van der Waals surface area (Å²) in [6.45, 7) is 2.96. The first-order chi connectivity index (χ1) is 15.1. The smallest absolute Gasteiger partial charge is 0.261 e. The van der Waals surface area contributed by atoms with Crippen LogP contribution in [0.5, 0.6) is 5.75 Å². The predicted molar refractivity (Wildman–Crippen MR) is 121 cm³/mol. The van der Waals surface area contributed by atoms with E-state index in [9.17, 15) is 14.4 Å². The van der Waals surface area contributed by atoms with Gasteiger partial charge in [-0.05, 0) is 54.8 Å². The third kappa shape index (κ3) is 6.16. The molecule has 0 unspecified atom stereocenters. The Labute approximate surface area is 184 Å². The van der Waals surface area contributed by atoms with Crippen molar-refractivity contribution in [3.8, 4) is 5.75 Å². The predicted octanol–water partition coefficient (Wildman–Crippen LogP) is 3.56. The second-order valence-electron chi connectivity index (χ2n) is 6.45. The number of benzene rings is 2. The molecule has 3 N–H and O–H groups in total. The number of amides is 3. The molecule has 1 heterocycles. The van der Waals surface area contributed by atoms with E-state index in [1.54, 1.807) is 48.5 Å². The minimum atomic E-state index is -0.289. The number of thiophene rings is 1. The second-order valence-corrected chi connectivity index (χ2v) is 7.40. The van der Waals surface area contributed by atoms with Gasteiger partial charge in [-0.3, -0.25) is 14.4 Å². The van der Waals surface area contributed by atoms with Gasteiger partial charge in [-0.15, -0.1) is 11.3 Å². The highest BCUT2D eigenvalue weighted by molar-refractivity contribution is 7.12. The van der Waals surface area contributed by atoms with Gasteiger partial charge >= 0.3 is 0 Å². The highest BCUT2D eigenvalue weighted by atomic mass is 32.1. The Balaban J connectivity index is 1.48. The lowest BCUT2D eigenvalue weighted by molar-refractivity contribution is 0.0929. The van der Waals surface area contributed by atoms with Gasteiger partial charge in [0.2, 0.25) is 0 Å². The highest BCUT2D eigenvalue weighted by Gasteiger charge is 2.13. The SMILES string of the molecule is CCOc1ccccc1C(=O)Nc1ccc(C(=O)NCCNC(=O)c2cccs2)cc1. The Hall–Kier alpha value is -3.65. The maximum Gasteiger partial charge on any atom is 0.261 e. The molecule has 8 heteroatoms. The van der Waals surface area contributed by atoms with Crippen LogP contribution in [0.15, 0.2) is 66.0 Å². The van der Waals surface area contributed by atoms with Gasteiger partial charge in [0.1, 0.15) is 5.75 Å². The Morgan fingerprint density at radius 2 is 1.55 bits per heavy atom. The van der Waals surface area contributed by atoms with Gasteiger partial charge in [0.25, 0.3) is 17.7 Å². The molecule has 31 heavy (non-hydrogen) atoms. The van der Waals surface area contributed by atoms with E-state index >= 15 is 0 Å². The van der Waals surface area contributed by atoms with Gasteiger partial charge in [-0.1, -0.05) is 18.2 Å². The fraction of sp³-hybridized carbons (Fsp3) is 0.174. The first-order valence-corrected chi connectivity index (χ1v) is 10.7. The standard InChI is InChI=1S/C23H23N3O4S/c1-2-30-19-7-4-3-6-18(19)22(28)26-17-11-9-16(10-12-17)21(27)24-13-14-25-23(29)20-8-5-15-31-20/h3-12,15H,2,13-14H2,1H3,(H,24,27)(H,25,29)(H,26,28). The molecule has 0 fully saturated rings. The zero-order valence-corrected chi connectivity index (χ0v) is 17.8. The topological polar surface area (TPSA) is 96.5 Å². The molecular weight excluding hydrogens is 414 g/mol. The summed E-state index contributed by atoms with van der Waals surface area (Å²) in [6.07, 6.45) is 0. The first-order valence-electron chi connectivity index (χ1n) is 9.81. The van der Waals surface area contributed by atoms with Crippen molar-refractivity contribution in [1.29, 1.82) is 0 Å². The van der Waals surface area contributed by atoms with E-state index < -0.39 is 0 Å². The zero-order chi connectivity index (χ0) is 22.1. The van der Waals surface area contributed by atoms with Crippen LogP contribution in [0.3, 0.4) is 0 Å². The van der Waals surface area contributed by atoms with E-state index in [2.05, 4.69) is 16.0 Å². The number of carbonyl (C=O) groups is 3. The van der Waals surface area contributed by atoms with Crippen LogP contribution in [-0.4, -0.2) is 37.4 Å². The average Bonchev–Trinajstić information content (AvgIpc) is 3.33. The molecule has 7 nitrogen and oxygen atoms in total. The number of hydrogen-bond donors (Lipinski definition) is 3. The van der Waals surface area contributed by atoms with Crippen LogP contribution in [0.2, 0.25) is 0 Å². The lowest BCUT2D eigenvalue weighted by Gasteiger charge is -2.11. The van der Waals surface area contributed by atoms with E-state index in [1.807, 2.05) is 24.4 Å². The minimum absolute atomic E-state index is 0.157. The summed E-state index contributed by atoms with van der Waals surface area (Å²) in [6, 6.07) is 17.2. The number of carbonyl (C=O) groups excluding carboxylic acids is 3. The summed E-state index contributed by atoms with van der Waals surface area (Å²) in [5, 5.41) is 10.1. The summed E-state index contributed by atoms with van der Waals surface area (Å²) in [7, 11) is 0. The maximum atomic E-state index is 12.5. The Kier molecular flexibility index (Phi) is 7.78. The number of para-hydroxylation sites is 1. The second kappa shape index (κ2) is 10.9. The lowest BCUT2D eigenvalue weighted by atomic mass is 10.1. The van der Waals surface area contributed by atoms with Crippen molar-refractivity contribution < 1.29 is 19.1 Å². The van der Waals surface area contributed by atoms with Gasteiger partial charge in [-0.25, -0.2) is 0 Å². The van der Waals surface area contributed by atoms with Gasteiger partial charge in [-0.2, -0.15) is 0 Å². The van der Waals surface area contributed by atoms with Crippen LogP contribution < -0.4 is 20.7 Å². The van der Waals surface area contributed by atoms with Crippen molar-refractivity contribution in [3.05, 3.63) is 82.0 Å². The van der Waals surface area contributed by atoms with Crippen LogP contribution >= 0.6 is 11.3 Å². The summed E-state index contributed by atoms with van der Waals surface area (Å²) >= 11 is 1.36. The molecule has 0 aliphatic rings. The molecule has 3 rings (SSSR count). The molecule has 0 aliphatic heterocycles. The number of hydrogen-bond acceptors (Lipinski definition) is 5. The summed E-state index contributed by atoms with van der Waals surface area (Å²) < 4.78 is 5.49. The summed E-state index contributed by atoms with van der Waals surface area (Å²) in [5.41, 5.74) is 1.46. The maximum absolute atomic E-state index is 12.5. The van der Waals surface area contributed by atoms with Crippen molar-refractivity contribution in [2.24, 2.45) is 0 Å². The van der Waals surface area contributed by atoms with Gasteiger partial charge < -0.3 is 20.7 Å². The largest absolute Gasteiger partial charge is 0.493 e. The molecule has 2 aromatic carbocycles. The van der Waals surface area contributed by atoms with E-state index in [0.29, 0.717) is 47.1 Å². The number of anilines is 1. The Morgan fingerprint density at radius 1 is 0.839 bits per heavy atom. The molecule has 0 radical (unpaired) electrons. The van der Waals surface area contributed by atoms with Gasteiger partial charge in [0, 0.05) is 24.3 Å². The van der Waals surface area contributed by atoms with Crippen molar-refractivity contribution in [1.82, 2.24) is 10.6 Å². The number of ether oxygens (including phenoxy) is 1. The summed E-state index contributed by atoms with van der Waals surface area (Å²) in [4.78, 5) is 37.3. The van der Waals surface area contributed by atoms with Crippen molar-refractivity contribution >= 4 is 34.7 Å². The molecule has 0 bridgehead atoms. The highest BCUT2D eigenvalue weighted by Crippen LogP contribution is 2.20. The number of rotatable bonds is 9. The average molecular weight is 438 g/mol. The van der Waals surface area contributed by atoms with Crippen LogP contribution in [0.4, 0.5) is 5.69 Å². The minimum Gasteiger partial charge on any atom is -0.493 e. The molecule has 0 aliphatic carbocycles. The Morgan fingerprint density at radius 3 is 2.23 bits per heavy atom. The van der Waals surface area contributed by atoms with Crippen LogP contribution in [0.1, 0.15) is 37.3 Å². The fourth-order valence-corrected chi connectivity index (χ4v) is 3.43. The van der Waals surface area contributed by atoms with Crippen molar-refractivity contribution in [2.75, 3.05) is 25.0 Å². The molecular formula is C23H23N3O4S. The molecule has 1 aromatic heterocycles. The van der Waals surface area contributed by atoms with Gasteiger partial charge in [0.05, 0.1) is 17.0 Å². The quantitative estimate of drug-likeness (QED) is 0.446. The van der Waals surface area contributed by atoms with Gasteiger partial charge in [0.15, 0.2) is 0 Å². The van der Waals surface area contributed by atoms with Crippen molar-refractivity contribution in [2.45, 2.75) is 6.92 Å². The van der Waals surface area contributed by atoms with Crippen LogP contribution in [0.25, 0.3) is 0 Å². The molecule has 0 saturated heterocycles. The van der Waals surface area contributed by atoms with E-state index in [4.69, 9.17) is 4.74 Å². The molecule has 160 valence electrons. The summed E-state index contributed by atoms with van der Waals surface area (Å²) in [5.74, 6) is -0.187. The normalized spacial score (nSPS) is 10.2. The molecule has 0 spiro atoms. The zero-order valence-electron chi connectivity index (χ0n) is 17.0. The molecule has 0 atom stereocenters. The third-order valence-corrected chi connectivity index (χ3v) is 5.15. The molecule has 3 aromatic rings. The molecule has 0 saturated carbocycles. The monoisotopic (exact) mass is 437 g/mol. The van der Waals surface area contributed by atoms with Crippen LogP contribution in [0, 0.1) is 0 Å². The first kappa shape index (κ1) is 22.0. The van der Waals surface area contributed by atoms with E-state index in [0.717, 1.165) is 0 Å². The van der Waals surface area contributed by atoms with E-state index in [-0.39, 0.29) is 17.7 Å². The van der Waals surface area contributed by atoms with Crippen molar-refractivity contribution in [3.63, 3.8) is 0 Å². The fourth-order valence-electron chi connectivity index (χ4n) is 2.79.